The molecule has 0 spiro atoms. The molecule has 0 saturated heterocycles. The molecule has 1 amide bonds. The van der Waals surface area contributed by atoms with Crippen molar-refractivity contribution in [2.45, 2.75) is 18.4 Å². The maximum Gasteiger partial charge on any atom is 0.252 e. The van der Waals surface area contributed by atoms with Crippen LogP contribution in [0, 0.1) is 0 Å². The predicted molar refractivity (Wildman–Crippen MR) is 60.6 cm³/mol. The Morgan fingerprint density at radius 2 is 2.19 bits per heavy atom. The molecular formula is C13H13NO2. The Labute approximate surface area is 93.8 Å². The molecule has 1 fully saturated rings. The van der Waals surface area contributed by atoms with Crippen LogP contribution in [0.5, 0.6) is 0 Å². The topological polar surface area (TPSA) is 49.3 Å². The third-order valence-corrected chi connectivity index (χ3v) is 3.35. The van der Waals surface area contributed by atoms with Crippen molar-refractivity contribution in [3.8, 4) is 0 Å². The SMILES string of the molecule is O=C(NC1(CO)CC1)C1=CC=C2C=CC=C21. The van der Waals surface area contributed by atoms with Crippen molar-refractivity contribution in [2.75, 3.05) is 6.61 Å². The number of nitrogens with one attached hydrogen (secondary N) is 1. The second-order valence-electron chi connectivity index (χ2n) is 4.53. The standard InChI is InChI=1S/C13H13NO2/c15-8-13(6-7-13)14-12(16)11-5-4-9-2-1-3-10(9)11/h1-5,15H,6-8H2,(H,14,16). The molecule has 3 aliphatic rings. The average molecular weight is 215 g/mol. The first-order chi connectivity index (χ1) is 7.74. The average Bonchev–Trinajstić information content (AvgIpc) is 2.74. The Kier molecular flexibility index (Phi) is 1.91. The molecule has 0 aromatic heterocycles. The summed E-state index contributed by atoms with van der Waals surface area (Å²) in [7, 11) is 0. The van der Waals surface area contributed by atoms with Crippen LogP contribution >= 0.6 is 0 Å². The maximum absolute atomic E-state index is 12.0. The van der Waals surface area contributed by atoms with Crippen molar-refractivity contribution in [3.05, 3.63) is 47.1 Å². The van der Waals surface area contributed by atoms with Gasteiger partial charge in [-0.2, -0.15) is 0 Å². The van der Waals surface area contributed by atoms with Crippen molar-refractivity contribution < 1.29 is 9.90 Å². The molecule has 3 heteroatoms. The van der Waals surface area contributed by atoms with Gasteiger partial charge in [0.2, 0.25) is 0 Å². The molecule has 16 heavy (non-hydrogen) atoms. The van der Waals surface area contributed by atoms with Gasteiger partial charge in [-0.1, -0.05) is 24.3 Å². The zero-order valence-electron chi connectivity index (χ0n) is 8.86. The van der Waals surface area contributed by atoms with E-state index in [-0.39, 0.29) is 18.1 Å². The highest BCUT2D eigenvalue weighted by Gasteiger charge is 2.44. The third kappa shape index (κ3) is 1.36. The number of fused-ring (bicyclic) bond motifs is 1. The Morgan fingerprint density at radius 3 is 2.88 bits per heavy atom. The largest absolute Gasteiger partial charge is 0.394 e. The van der Waals surface area contributed by atoms with Crippen LogP contribution in [0.25, 0.3) is 0 Å². The van der Waals surface area contributed by atoms with Crippen LogP contribution in [0.2, 0.25) is 0 Å². The Bertz CT molecular complexity index is 476. The molecule has 1 saturated carbocycles. The van der Waals surface area contributed by atoms with Gasteiger partial charge in [0.25, 0.3) is 5.91 Å². The van der Waals surface area contributed by atoms with Gasteiger partial charge in [0, 0.05) is 5.57 Å². The first-order valence-electron chi connectivity index (χ1n) is 5.49. The predicted octanol–water partition coefficient (Wildman–Crippen LogP) is 0.990. The van der Waals surface area contributed by atoms with Gasteiger partial charge < -0.3 is 10.4 Å². The van der Waals surface area contributed by atoms with E-state index in [2.05, 4.69) is 5.32 Å². The first-order valence-corrected chi connectivity index (χ1v) is 5.49. The number of hydrogen-bond acceptors (Lipinski definition) is 2. The van der Waals surface area contributed by atoms with E-state index < -0.39 is 0 Å². The molecule has 0 heterocycles. The van der Waals surface area contributed by atoms with E-state index in [1.165, 1.54) is 0 Å². The molecule has 3 rings (SSSR count). The van der Waals surface area contributed by atoms with Gasteiger partial charge in [0.15, 0.2) is 0 Å². The highest BCUT2D eigenvalue weighted by atomic mass is 16.3. The van der Waals surface area contributed by atoms with Crippen molar-refractivity contribution in [1.82, 2.24) is 5.32 Å². The van der Waals surface area contributed by atoms with Gasteiger partial charge in [-0.25, -0.2) is 0 Å². The van der Waals surface area contributed by atoms with Crippen molar-refractivity contribution in [2.24, 2.45) is 0 Å². The number of carbonyl (C=O) groups is 1. The summed E-state index contributed by atoms with van der Waals surface area (Å²) < 4.78 is 0. The third-order valence-electron chi connectivity index (χ3n) is 3.35. The Balaban J connectivity index is 1.74. The van der Waals surface area contributed by atoms with Gasteiger partial charge in [-0.05, 0) is 30.1 Å². The molecule has 0 atom stereocenters. The van der Waals surface area contributed by atoms with E-state index in [9.17, 15) is 4.79 Å². The molecule has 82 valence electrons. The molecule has 0 aliphatic heterocycles. The fraction of sp³-hybridized carbons (Fsp3) is 0.308. The summed E-state index contributed by atoms with van der Waals surface area (Å²) in [6.07, 6.45) is 11.4. The number of aliphatic hydroxyl groups excluding tert-OH is 1. The highest BCUT2D eigenvalue weighted by Crippen LogP contribution is 2.36. The van der Waals surface area contributed by atoms with E-state index in [0.29, 0.717) is 5.57 Å². The minimum atomic E-state index is -0.340. The lowest BCUT2D eigenvalue weighted by molar-refractivity contribution is -0.118. The number of aliphatic hydroxyl groups is 1. The molecule has 0 aromatic rings. The van der Waals surface area contributed by atoms with Gasteiger partial charge >= 0.3 is 0 Å². The maximum atomic E-state index is 12.0. The molecule has 3 nitrogen and oxygen atoms in total. The zero-order valence-corrected chi connectivity index (χ0v) is 8.86. The molecule has 0 unspecified atom stereocenters. The lowest BCUT2D eigenvalue weighted by atomic mass is 10.1. The molecular weight excluding hydrogens is 202 g/mol. The lowest BCUT2D eigenvalue weighted by Crippen LogP contribution is -2.40. The molecule has 2 N–H and O–H groups in total. The van der Waals surface area contributed by atoms with Crippen LogP contribution in [-0.4, -0.2) is 23.2 Å². The van der Waals surface area contributed by atoms with E-state index >= 15 is 0 Å². The highest BCUT2D eigenvalue weighted by molar-refractivity contribution is 6.02. The smallest absolute Gasteiger partial charge is 0.252 e. The van der Waals surface area contributed by atoms with E-state index in [1.807, 2.05) is 30.4 Å². The molecule has 0 radical (unpaired) electrons. The molecule has 0 bridgehead atoms. The van der Waals surface area contributed by atoms with Crippen molar-refractivity contribution in [3.63, 3.8) is 0 Å². The number of carbonyl (C=O) groups excluding carboxylic acids is 1. The Hall–Kier alpha value is -1.61. The van der Waals surface area contributed by atoms with E-state index in [4.69, 9.17) is 5.11 Å². The minimum absolute atomic E-state index is 0.0314. The fourth-order valence-electron chi connectivity index (χ4n) is 2.07. The quantitative estimate of drug-likeness (QED) is 0.737. The van der Waals surface area contributed by atoms with Gasteiger partial charge in [-0.15, -0.1) is 0 Å². The summed E-state index contributed by atoms with van der Waals surface area (Å²) in [6.45, 7) is 0.0314. The minimum Gasteiger partial charge on any atom is -0.394 e. The monoisotopic (exact) mass is 215 g/mol. The lowest BCUT2D eigenvalue weighted by Gasteiger charge is -2.15. The van der Waals surface area contributed by atoms with E-state index in [1.54, 1.807) is 0 Å². The summed E-state index contributed by atoms with van der Waals surface area (Å²) in [5, 5.41) is 12.1. The van der Waals surface area contributed by atoms with Gasteiger partial charge in [0.1, 0.15) is 0 Å². The number of allylic oxidation sites excluding steroid dienone is 6. The van der Waals surface area contributed by atoms with Crippen LogP contribution in [0.3, 0.4) is 0 Å². The zero-order chi connectivity index (χ0) is 11.2. The summed E-state index contributed by atoms with van der Waals surface area (Å²) in [6, 6.07) is 0. The second kappa shape index (κ2) is 3.19. The molecule has 0 aromatic carbocycles. The summed E-state index contributed by atoms with van der Waals surface area (Å²) in [4.78, 5) is 12.0. The normalized spacial score (nSPS) is 23.4. The number of rotatable bonds is 3. The van der Waals surface area contributed by atoms with Crippen LogP contribution in [0.4, 0.5) is 0 Å². The summed E-state index contributed by atoms with van der Waals surface area (Å²) in [5.41, 5.74) is 2.46. The van der Waals surface area contributed by atoms with Gasteiger partial charge in [-0.3, -0.25) is 4.79 Å². The molecule has 3 aliphatic carbocycles. The van der Waals surface area contributed by atoms with Crippen LogP contribution < -0.4 is 5.32 Å². The second-order valence-corrected chi connectivity index (χ2v) is 4.53. The first kappa shape index (κ1) is 9.60. The number of amides is 1. The number of hydrogen-bond donors (Lipinski definition) is 2. The summed E-state index contributed by atoms with van der Waals surface area (Å²) >= 11 is 0. The van der Waals surface area contributed by atoms with Crippen LogP contribution in [-0.2, 0) is 4.79 Å². The fourth-order valence-corrected chi connectivity index (χ4v) is 2.07. The summed E-state index contributed by atoms with van der Waals surface area (Å²) in [5.74, 6) is -0.0762. The van der Waals surface area contributed by atoms with Crippen molar-refractivity contribution >= 4 is 5.91 Å². The van der Waals surface area contributed by atoms with E-state index in [0.717, 1.165) is 24.0 Å². The van der Waals surface area contributed by atoms with Crippen LogP contribution in [0.1, 0.15) is 12.8 Å². The Morgan fingerprint density at radius 1 is 1.38 bits per heavy atom. The van der Waals surface area contributed by atoms with Crippen molar-refractivity contribution in [1.29, 1.82) is 0 Å². The van der Waals surface area contributed by atoms with Crippen LogP contribution in [0.15, 0.2) is 47.1 Å². The van der Waals surface area contributed by atoms with Gasteiger partial charge in [0.05, 0.1) is 12.1 Å².